The number of likely N-dealkylation sites (N-methyl/N-ethyl adjacent to an activating group) is 1. The average molecular weight is 415 g/mol. The Bertz CT molecular complexity index is 625. The van der Waals surface area contributed by atoms with Crippen molar-refractivity contribution in [1.29, 1.82) is 0 Å². The summed E-state index contributed by atoms with van der Waals surface area (Å²) in [6.45, 7) is 6.54. The normalized spacial score (nSPS) is 12.2. The Hall–Kier alpha value is -1.96. The first-order valence-corrected chi connectivity index (χ1v) is 8.61. The first kappa shape index (κ1) is 21.1. The smallest absolute Gasteiger partial charge is 0.410 e. The zero-order valence-corrected chi connectivity index (χ0v) is 16.6. The van der Waals surface area contributed by atoms with Crippen molar-refractivity contribution in [1.82, 2.24) is 9.88 Å². The predicted octanol–water partition coefficient (Wildman–Crippen LogP) is 3.22. The van der Waals surface area contributed by atoms with Crippen LogP contribution >= 0.6 is 15.9 Å². The van der Waals surface area contributed by atoms with E-state index in [9.17, 15) is 14.4 Å². The molecule has 0 aliphatic carbocycles. The molecule has 1 heterocycles. The van der Waals surface area contributed by atoms with Gasteiger partial charge in [0.15, 0.2) is 6.61 Å². The number of Topliss-reactive ketones (excluding diaryl/α,β-unsaturated/α-hetero) is 1. The summed E-state index contributed by atoms with van der Waals surface area (Å²) in [6, 6.07) is 2.38. The second-order valence-electron chi connectivity index (χ2n) is 6.42. The molecule has 25 heavy (non-hydrogen) atoms. The van der Waals surface area contributed by atoms with Crippen LogP contribution in [0.1, 0.15) is 44.5 Å². The van der Waals surface area contributed by atoms with Crippen LogP contribution < -0.4 is 0 Å². The van der Waals surface area contributed by atoms with Crippen LogP contribution in [-0.2, 0) is 14.3 Å². The van der Waals surface area contributed by atoms with E-state index in [1.165, 1.54) is 18.1 Å². The van der Waals surface area contributed by atoms with Gasteiger partial charge in [-0.25, -0.2) is 14.6 Å². The number of rotatable bonds is 6. The summed E-state index contributed by atoms with van der Waals surface area (Å²) in [5, 5.41) is 0. The van der Waals surface area contributed by atoms with Gasteiger partial charge in [-0.15, -0.1) is 0 Å². The van der Waals surface area contributed by atoms with Gasteiger partial charge in [0.25, 0.3) is 0 Å². The molecule has 0 N–H and O–H groups in total. The molecule has 8 heteroatoms. The number of esters is 1. The number of aromatic nitrogens is 1. The monoisotopic (exact) mass is 414 g/mol. The molecule has 138 valence electrons. The molecule has 0 aliphatic heterocycles. The number of hydrogen-bond donors (Lipinski definition) is 0. The van der Waals surface area contributed by atoms with Gasteiger partial charge >= 0.3 is 12.1 Å². The highest BCUT2D eigenvalue weighted by Gasteiger charge is 2.30. The molecule has 1 aromatic rings. The van der Waals surface area contributed by atoms with Crippen LogP contribution in [0.15, 0.2) is 22.9 Å². The van der Waals surface area contributed by atoms with Gasteiger partial charge in [-0.1, -0.05) is 6.92 Å². The highest BCUT2D eigenvalue weighted by molar-refractivity contribution is 9.10. The summed E-state index contributed by atoms with van der Waals surface area (Å²) in [5.74, 6) is -1.03. The van der Waals surface area contributed by atoms with Gasteiger partial charge in [-0.05, 0) is 55.3 Å². The summed E-state index contributed by atoms with van der Waals surface area (Å²) >= 11 is 3.18. The van der Waals surface area contributed by atoms with Crippen molar-refractivity contribution < 1.29 is 23.9 Å². The van der Waals surface area contributed by atoms with E-state index in [0.29, 0.717) is 16.6 Å². The summed E-state index contributed by atoms with van der Waals surface area (Å²) in [6.07, 6.45) is 1.10. The van der Waals surface area contributed by atoms with Gasteiger partial charge in [0.2, 0.25) is 5.78 Å². The molecule has 1 amide bonds. The largest absolute Gasteiger partial charge is 0.456 e. The summed E-state index contributed by atoms with van der Waals surface area (Å²) < 4.78 is 10.9. The molecule has 0 aliphatic rings. The van der Waals surface area contributed by atoms with E-state index in [1.54, 1.807) is 39.8 Å². The number of pyridine rings is 1. The minimum atomic E-state index is -0.828. The standard InChI is InChI=1S/C17H23BrN2O5/c1-6-12(20(5)16(23)25-17(2,3)4)15(22)24-10-13(21)11-7-8-14(18)19-9-11/h7-9,12H,6,10H2,1-5H3. The first-order valence-electron chi connectivity index (χ1n) is 7.82. The lowest BCUT2D eigenvalue weighted by Crippen LogP contribution is -2.45. The third-order valence-electron chi connectivity index (χ3n) is 3.20. The lowest BCUT2D eigenvalue weighted by Gasteiger charge is -2.28. The SMILES string of the molecule is CCC(C(=O)OCC(=O)c1ccc(Br)nc1)N(C)C(=O)OC(C)(C)C. The lowest BCUT2D eigenvalue weighted by atomic mass is 10.2. The second-order valence-corrected chi connectivity index (χ2v) is 7.23. The molecule has 0 bridgehead atoms. The van der Waals surface area contributed by atoms with E-state index in [-0.39, 0.29) is 5.78 Å². The molecule has 1 rings (SSSR count). The van der Waals surface area contributed by atoms with Gasteiger partial charge in [0, 0.05) is 18.8 Å². The molecular formula is C17H23BrN2O5. The maximum absolute atomic E-state index is 12.2. The first-order chi connectivity index (χ1) is 11.5. The van der Waals surface area contributed by atoms with E-state index in [4.69, 9.17) is 9.47 Å². The maximum atomic E-state index is 12.2. The molecule has 0 radical (unpaired) electrons. The molecule has 1 aromatic heterocycles. The zero-order valence-electron chi connectivity index (χ0n) is 15.0. The predicted molar refractivity (Wildman–Crippen MR) is 95.3 cm³/mol. The second kappa shape index (κ2) is 8.94. The Morgan fingerprint density at radius 1 is 1.28 bits per heavy atom. The van der Waals surface area contributed by atoms with Crippen molar-refractivity contribution in [2.75, 3.05) is 13.7 Å². The molecule has 0 saturated carbocycles. The highest BCUT2D eigenvalue weighted by Crippen LogP contribution is 2.13. The van der Waals surface area contributed by atoms with Gasteiger partial charge in [0.05, 0.1) is 0 Å². The number of halogens is 1. The Morgan fingerprint density at radius 3 is 2.40 bits per heavy atom. The fourth-order valence-corrected chi connectivity index (χ4v) is 2.15. The third kappa shape index (κ3) is 6.81. The molecule has 0 spiro atoms. The Labute approximate surface area is 155 Å². The van der Waals surface area contributed by atoms with E-state index in [0.717, 1.165) is 0 Å². The Balaban J connectivity index is 2.65. The molecule has 1 unspecified atom stereocenters. The number of amides is 1. The third-order valence-corrected chi connectivity index (χ3v) is 3.67. The van der Waals surface area contributed by atoms with Crippen LogP contribution in [-0.4, -0.2) is 53.0 Å². The van der Waals surface area contributed by atoms with Crippen molar-refractivity contribution in [3.8, 4) is 0 Å². The number of hydrogen-bond acceptors (Lipinski definition) is 6. The van der Waals surface area contributed by atoms with Gasteiger partial charge < -0.3 is 9.47 Å². The van der Waals surface area contributed by atoms with Crippen molar-refractivity contribution in [3.63, 3.8) is 0 Å². The van der Waals surface area contributed by atoms with Crippen molar-refractivity contribution in [3.05, 3.63) is 28.5 Å². The summed E-state index contributed by atoms with van der Waals surface area (Å²) in [4.78, 5) is 41.5. The van der Waals surface area contributed by atoms with Gasteiger partial charge in [0.1, 0.15) is 16.2 Å². The van der Waals surface area contributed by atoms with E-state index in [1.807, 2.05) is 0 Å². The van der Waals surface area contributed by atoms with Crippen molar-refractivity contribution in [2.45, 2.75) is 45.8 Å². The molecule has 1 atom stereocenters. The fraction of sp³-hybridized carbons (Fsp3) is 0.529. The van der Waals surface area contributed by atoms with Crippen LogP contribution in [0.4, 0.5) is 4.79 Å². The van der Waals surface area contributed by atoms with Crippen LogP contribution in [0, 0.1) is 0 Å². The molecule has 0 aromatic carbocycles. The number of nitrogens with zero attached hydrogens (tertiary/aromatic N) is 2. The van der Waals surface area contributed by atoms with Gasteiger partial charge in [-0.2, -0.15) is 0 Å². The van der Waals surface area contributed by atoms with Crippen molar-refractivity contribution in [2.24, 2.45) is 0 Å². The maximum Gasteiger partial charge on any atom is 0.410 e. The zero-order chi connectivity index (χ0) is 19.2. The molecule has 0 fully saturated rings. The van der Waals surface area contributed by atoms with Crippen LogP contribution in [0.25, 0.3) is 0 Å². The topological polar surface area (TPSA) is 85.8 Å². The molecule has 7 nitrogen and oxygen atoms in total. The van der Waals surface area contributed by atoms with Crippen LogP contribution in [0.5, 0.6) is 0 Å². The fourth-order valence-electron chi connectivity index (χ4n) is 1.92. The van der Waals surface area contributed by atoms with E-state index < -0.39 is 30.3 Å². The van der Waals surface area contributed by atoms with Crippen molar-refractivity contribution >= 4 is 33.8 Å². The summed E-state index contributed by atoms with van der Waals surface area (Å²) in [7, 11) is 1.46. The summed E-state index contributed by atoms with van der Waals surface area (Å²) in [5.41, 5.74) is -0.331. The van der Waals surface area contributed by atoms with E-state index in [2.05, 4.69) is 20.9 Å². The average Bonchev–Trinajstić information content (AvgIpc) is 2.52. The minimum Gasteiger partial charge on any atom is -0.456 e. The highest BCUT2D eigenvalue weighted by atomic mass is 79.9. The Morgan fingerprint density at radius 2 is 1.92 bits per heavy atom. The molecule has 0 saturated heterocycles. The number of carbonyl (C=O) groups is 3. The quantitative estimate of drug-likeness (QED) is 0.403. The van der Waals surface area contributed by atoms with Gasteiger partial charge in [-0.3, -0.25) is 9.69 Å². The number of carbonyl (C=O) groups excluding carboxylic acids is 3. The number of ether oxygens (including phenoxy) is 2. The van der Waals surface area contributed by atoms with E-state index >= 15 is 0 Å². The van der Waals surface area contributed by atoms with Crippen LogP contribution in [0.2, 0.25) is 0 Å². The Kier molecular flexibility index (Phi) is 7.54. The van der Waals surface area contributed by atoms with Crippen LogP contribution in [0.3, 0.4) is 0 Å². The molecular weight excluding hydrogens is 392 g/mol. The minimum absolute atomic E-state index is 0.336. The number of ketones is 1. The lowest BCUT2D eigenvalue weighted by molar-refractivity contribution is -0.148.